The number of rotatable bonds is 8. The quantitative estimate of drug-likeness (QED) is 0.0758. The summed E-state index contributed by atoms with van der Waals surface area (Å²) in [6, 6.07) is 3.47. The summed E-state index contributed by atoms with van der Waals surface area (Å²) >= 11 is 0.112. The van der Waals surface area contributed by atoms with Gasteiger partial charge in [0, 0.05) is 18.8 Å². The van der Waals surface area contributed by atoms with Crippen molar-refractivity contribution in [3.8, 4) is 0 Å². The number of imidazole rings is 1. The van der Waals surface area contributed by atoms with Crippen LogP contribution in [0.2, 0.25) is 0 Å². The van der Waals surface area contributed by atoms with Gasteiger partial charge < -0.3 is 19.3 Å². The van der Waals surface area contributed by atoms with Gasteiger partial charge in [-0.15, -0.1) is 23.2 Å². The van der Waals surface area contributed by atoms with Crippen LogP contribution < -0.4 is 4.90 Å². The average molecular weight is 479 g/mol. The highest BCUT2D eigenvalue weighted by Crippen LogP contribution is 2.44. The number of azo groups is 1. The Morgan fingerprint density at radius 1 is 1.21 bits per heavy atom. The Morgan fingerprint density at radius 3 is 2.64 bits per heavy atom. The molecule has 0 N–H and O–H groups in total. The summed E-state index contributed by atoms with van der Waals surface area (Å²) < 4.78 is 46.0. The molecular formula is C19H18F3N8O2S-. The van der Waals surface area contributed by atoms with Crippen molar-refractivity contribution in [2.24, 2.45) is 10.2 Å². The summed E-state index contributed by atoms with van der Waals surface area (Å²) in [7, 11) is 0. The van der Waals surface area contributed by atoms with Crippen molar-refractivity contribution in [2.75, 3.05) is 18.0 Å². The fourth-order valence-corrected chi connectivity index (χ4v) is 3.71. The molecule has 0 bridgehead atoms. The fourth-order valence-electron chi connectivity index (χ4n) is 3.35. The first-order chi connectivity index (χ1) is 15.8. The Bertz CT molecular complexity index is 1120. The lowest BCUT2D eigenvalue weighted by molar-refractivity contribution is -0.439. The Hall–Kier alpha value is -3.33. The first-order valence-electron chi connectivity index (χ1n) is 9.79. The molecule has 0 fully saturated rings. The highest BCUT2D eigenvalue weighted by Gasteiger charge is 2.31. The SMILES string of the molecule is [C-]#[N+]c1nc(N=Nc2cc3c(cc2[N-]SOOC(F)(F)F)N(CC)CCC3)n(CC)c1[N+]#[C-]. The van der Waals surface area contributed by atoms with Crippen LogP contribution in [0.1, 0.15) is 25.8 Å². The second-order valence-electron chi connectivity index (χ2n) is 6.64. The maximum Gasteiger partial charge on any atom is 0.550 e. The number of hydrogen-bond donors (Lipinski definition) is 0. The van der Waals surface area contributed by atoms with Crippen molar-refractivity contribution in [3.63, 3.8) is 0 Å². The molecule has 2 aromatic rings. The summed E-state index contributed by atoms with van der Waals surface area (Å²) in [5, 5.41) is 8.28. The van der Waals surface area contributed by atoms with Gasteiger partial charge in [-0.1, -0.05) is 47.2 Å². The number of halogens is 3. The van der Waals surface area contributed by atoms with Crippen LogP contribution in [0.15, 0.2) is 22.4 Å². The Kier molecular flexibility index (Phi) is 7.75. The molecule has 10 nitrogen and oxygen atoms in total. The molecule has 0 radical (unpaired) electrons. The molecule has 0 atom stereocenters. The second-order valence-corrected chi connectivity index (χ2v) is 7.11. The van der Waals surface area contributed by atoms with Gasteiger partial charge in [0.05, 0.1) is 12.2 Å². The van der Waals surface area contributed by atoms with Crippen LogP contribution in [-0.4, -0.2) is 29.0 Å². The van der Waals surface area contributed by atoms with Gasteiger partial charge in [-0.3, -0.25) is 0 Å². The van der Waals surface area contributed by atoms with Crippen LogP contribution in [0.5, 0.6) is 0 Å². The average Bonchev–Trinajstić information content (AvgIpc) is 3.15. The van der Waals surface area contributed by atoms with E-state index in [-0.39, 0.29) is 41.2 Å². The molecule has 0 spiro atoms. The van der Waals surface area contributed by atoms with Crippen molar-refractivity contribution < 1.29 is 22.4 Å². The van der Waals surface area contributed by atoms with Crippen LogP contribution in [0, 0.1) is 13.1 Å². The van der Waals surface area contributed by atoms with E-state index in [1.165, 1.54) is 4.57 Å². The molecule has 0 amide bonds. The third-order valence-electron chi connectivity index (χ3n) is 4.75. The van der Waals surface area contributed by atoms with Crippen LogP contribution in [-0.2, 0) is 22.2 Å². The maximum atomic E-state index is 12.2. The first kappa shape index (κ1) is 24.3. The van der Waals surface area contributed by atoms with E-state index >= 15 is 0 Å². The predicted molar refractivity (Wildman–Crippen MR) is 116 cm³/mol. The number of hydrogen-bond acceptors (Lipinski definition) is 7. The molecule has 0 saturated heterocycles. The molecule has 2 heterocycles. The van der Waals surface area contributed by atoms with Crippen molar-refractivity contribution in [1.82, 2.24) is 9.55 Å². The smallest absolute Gasteiger partial charge is 0.550 e. The van der Waals surface area contributed by atoms with E-state index in [4.69, 9.17) is 13.1 Å². The van der Waals surface area contributed by atoms with Gasteiger partial charge in [-0.25, -0.2) is 4.57 Å². The summed E-state index contributed by atoms with van der Waals surface area (Å²) in [5.41, 5.74) is 2.39. The topological polar surface area (TPSA) is 87.1 Å². The van der Waals surface area contributed by atoms with Gasteiger partial charge in [-0.05, 0) is 38.3 Å². The molecule has 1 aliphatic heterocycles. The molecule has 174 valence electrons. The zero-order valence-electron chi connectivity index (χ0n) is 17.6. The predicted octanol–water partition coefficient (Wildman–Crippen LogP) is 7.23. The Labute approximate surface area is 192 Å². The van der Waals surface area contributed by atoms with Crippen molar-refractivity contribution in [3.05, 3.63) is 45.3 Å². The molecular weight excluding hydrogens is 461 g/mol. The van der Waals surface area contributed by atoms with Crippen LogP contribution >= 0.6 is 12.2 Å². The van der Waals surface area contributed by atoms with Crippen LogP contribution in [0.3, 0.4) is 0 Å². The zero-order valence-corrected chi connectivity index (χ0v) is 18.4. The monoisotopic (exact) mass is 479 g/mol. The number of alkyl halides is 3. The number of nitrogens with zero attached hydrogens (tertiary/aromatic N) is 8. The van der Waals surface area contributed by atoms with E-state index in [9.17, 15) is 13.2 Å². The molecule has 1 aromatic heterocycles. The lowest BCUT2D eigenvalue weighted by Gasteiger charge is -2.33. The van der Waals surface area contributed by atoms with Gasteiger partial charge in [-0.2, -0.15) is 4.33 Å². The molecule has 0 unspecified atom stereocenters. The zero-order chi connectivity index (χ0) is 24.0. The van der Waals surface area contributed by atoms with Gasteiger partial charge in [0.2, 0.25) is 0 Å². The lowest BCUT2D eigenvalue weighted by Crippen LogP contribution is -2.28. The Morgan fingerprint density at radius 2 is 2.00 bits per heavy atom. The largest absolute Gasteiger partial charge is 0.603 e. The van der Waals surface area contributed by atoms with Crippen LogP contribution in [0.4, 0.5) is 47.8 Å². The number of aryl methyl sites for hydroxylation is 1. The van der Waals surface area contributed by atoms with E-state index in [2.05, 4.69) is 43.7 Å². The molecule has 3 rings (SSSR count). The summed E-state index contributed by atoms with van der Waals surface area (Å²) in [5.74, 6) is 0.0457. The van der Waals surface area contributed by atoms with Crippen LogP contribution in [0.25, 0.3) is 14.4 Å². The summed E-state index contributed by atoms with van der Waals surface area (Å²) in [6.07, 6.45) is -3.23. The fraction of sp³-hybridized carbons (Fsp3) is 0.421. The van der Waals surface area contributed by atoms with E-state index in [1.807, 2.05) is 6.92 Å². The number of benzene rings is 1. The van der Waals surface area contributed by atoms with E-state index in [0.717, 1.165) is 37.2 Å². The van der Waals surface area contributed by atoms with E-state index < -0.39 is 6.36 Å². The first-order valence-corrected chi connectivity index (χ1v) is 10.5. The minimum Gasteiger partial charge on any atom is -0.603 e. The lowest BCUT2D eigenvalue weighted by atomic mass is 10.0. The molecule has 33 heavy (non-hydrogen) atoms. The summed E-state index contributed by atoms with van der Waals surface area (Å²) in [6.45, 7) is 20.2. The standard InChI is InChI=1S/C19H18F3N8O2S/c1-5-29-9-7-8-12-10-13(14(11-15(12)29)28-33-32-31-19(20,21)22)26-27-18-25-16(23-3)17(24-4)30(18)6-2/h10-11H,5-9H2,1-2H3/q-1. The summed E-state index contributed by atoms with van der Waals surface area (Å²) in [4.78, 5) is 16.0. The van der Waals surface area contributed by atoms with E-state index in [1.54, 1.807) is 19.1 Å². The van der Waals surface area contributed by atoms with Crippen molar-refractivity contribution in [2.45, 2.75) is 39.6 Å². The van der Waals surface area contributed by atoms with Crippen molar-refractivity contribution in [1.29, 1.82) is 0 Å². The second kappa shape index (κ2) is 10.5. The maximum absolute atomic E-state index is 12.2. The van der Waals surface area contributed by atoms with Gasteiger partial charge in [0.25, 0.3) is 11.6 Å². The number of anilines is 1. The highest BCUT2D eigenvalue weighted by atomic mass is 32.2. The third kappa shape index (κ3) is 5.73. The molecule has 1 aromatic carbocycles. The van der Waals surface area contributed by atoms with Gasteiger partial charge in [0.1, 0.15) is 0 Å². The van der Waals surface area contributed by atoms with E-state index in [0.29, 0.717) is 6.54 Å². The molecule has 0 saturated carbocycles. The normalized spacial score (nSPS) is 13.6. The van der Waals surface area contributed by atoms with Gasteiger partial charge >= 0.3 is 12.3 Å². The number of fused-ring (bicyclic) bond motifs is 1. The third-order valence-corrected chi connectivity index (χ3v) is 5.15. The minimum atomic E-state index is -4.96. The Balaban J connectivity index is 1.95. The number of aromatic nitrogens is 2. The van der Waals surface area contributed by atoms with Crippen molar-refractivity contribution >= 4 is 46.9 Å². The minimum absolute atomic E-state index is 0.0589. The highest BCUT2D eigenvalue weighted by molar-refractivity contribution is 7.97. The van der Waals surface area contributed by atoms with Gasteiger partial charge in [0.15, 0.2) is 0 Å². The molecule has 0 aliphatic carbocycles. The molecule has 14 heteroatoms. The molecule has 1 aliphatic rings.